The first-order valence-corrected chi connectivity index (χ1v) is 11.9. The summed E-state index contributed by atoms with van der Waals surface area (Å²) in [6, 6.07) is 14.5. The van der Waals surface area contributed by atoms with Gasteiger partial charge in [0.15, 0.2) is 0 Å². The Balaban J connectivity index is 1.28. The summed E-state index contributed by atoms with van der Waals surface area (Å²) < 4.78 is 32.3. The van der Waals surface area contributed by atoms with Crippen molar-refractivity contribution in [3.05, 3.63) is 60.3 Å². The van der Waals surface area contributed by atoms with E-state index in [1.807, 2.05) is 24.4 Å². The maximum Gasteiger partial charge on any atom is 0.243 e. The normalized spacial score (nSPS) is 15.8. The third kappa shape index (κ3) is 4.75. The molecule has 1 fully saturated rings. The lowest BCUT2D eigenvalue weighted by Gasteiger charge is -2.31. The molecule has 1 saturated heterocycles. The van der Waals surface area contributed by atoms with Crippen LogP contribution in [-0.2, 0) is 21.2 Å². The fourth-order valence-corrected chi connectivity index (χ4v) is 5.49. The summed E-state index contributed by atoms with van der Waals surface area (Å²) in [5.74, 6) is 0.620. The van der Waals surface area contributed by atoms with Crippen LogP contribution in [0, 0.1) is 0 Å². The average molecular weight is 442 g/mol. The van der Waals surface area contributed by atoms with Crippen LogP contribution in [0.4, 0.5) is 0 Å². The number of piperidine rings is 1. The van der Waals surface area contributed by atoms with Crippen LogP contribution in [0.2, 0.25) is 0 Å². The Morgan fingerprint density at radius 3 is 2.55 bits per heavy atom. The average Bonchev–Trinajstić information content (AvgIpc) is 3.21. The van der Waals surface area contributed by atoms with Crippen molar-refractivity contribution in [3.8, 4) is 5.75 Å². The van der Waals surface area contributed by atoms with E-state index in [9.17, 15) is 13.2 Å². The van der Waals surface area contributed by atoms with Crippen LogP contribution in [-0.4, -0.2) is 49.9 Å². The van der Waals surface area contributed by atoms with Gasteiger partial charge >= 0.3 is 0 Å². The topological polar surface area (TPSA) is 91.5 Å². The number of fused-ring (bicyclic) bond motifs is 1. The first-order valence-electron chi connectivity index (χ1n) is 10.5. The zero-order valence-electron chi connectivity index (χ0n) is 17.5. The molecule has 3 aromatic rings. The number of aromatic amines is 1. The summed E-state index contributed by atoms with van der Waals surface area (Å²) in [5, 5.41) is 4.21. The van der Waals surface area contributed by atoms with E-state index in [1.165, 1.54) is 4.31 Å². The molecule has 1 aliphatic rings. The number of carbonyl (C=O) groups is 1. The second kappa shape index (κ2) is 9.11. The fourth-order valence-electron chi connectivity index (χ4n) is 4.02. The molecule has 0 aliphatic carbocycles. The summed E-state index contributed by atoms with van der Waals surface area (Å²) in [4.78, 5) is 15.9. The highest BCUT2D eigenvalue weighted by Gasteiger charge is 2.29. The number of hydrogen-bond acceptors (Lipinski definition) is 4. The number of benzene rings is 2. The highest BCUT2D eigenvalue weighted by Crippen LogP contribution is 2.23. The van der Waals surface area contributed by atoms with Crippen molar-refractivity contribution in [2.75, 3.05) is 20.2 Å². The molecular weight excluding hydrogens is 414 g/mol. The quantitative estimate of drug-likeness (QED) is 0.589. The van der Waals surface area contributed by atoms with E-state index in [1.54, 1.807) is 31.4 Å². The molecule has 2 aromatic carbocycles. The molecule has 2 N–H and O–H groups in total. The van der Waals surface area contributed by atoms with Gasteiger partial charge in [-0.15, -0.1) is 0 Å². The van der Waals surface area contributed by atoms with Crippen LogP contribution in [0.25, 0.3) is 10.9 Å². The molecule has 0 unspecified atom stereocenters. The number of H-pyrrole nitrogens is 1. The van der Waals surface area contributed by atoms with Gasteiger partial charge in [-0.3, -0.25) is 4.79 Å². The number of para-hydroxylation sites is 1. The van der Waals surface area contributed by atoms with Gasteiger partial charge < -0.3 is 15.0 Å². The number of nitrogens with one attached hydrogen (secondary N) is 2. The Bertz CT molecular complexity index is 1150. The molecule has 0 saturated carbocycles. The molecule has 4 rings (SSSR count). The molecule has 0 spiro atoms. The second-order valence-corrected chi connectivity index (χ2v) is 9.72. The van der Waals surface area contributed by atoms with Gasteiger partial charge in [0.2, 0.25) is 15.9 Å². The number of aromatic nitrogens is 1. The summed E-state index contributed by atoms with van der Waals surface area (Å²) >= 11 is 0. The molecule has 1 amide bonds. The molecular formula is C23H27N3O4S. The molecule has 0 bridgehead atoms. The number of amides is 1. The maximum atomic E-state index is 12.9. The predicted molar refractivity (Wildman–Crippen MR) is 120 cm³/mol. The van der Waals surface area contributed by atoms with Gasteiger partial charge in [0.25, 0.3) is 0 Å². The van der Waals surface area contributed by atoms with E-state index in [-0.39, 0.29) is 16.8 Å². The molecule has 2 heterocycles. The van der Waals surface area contributed by atoms with Gasteiger partial charge in [-0.1, -0.05) is 18.2 Å². The fraction of sp³-hybridized carbons (Fsp3) is 0.348. The van der Waals surface area contributed by atoms with E-state index in [0.29, 0.717) is 44.5 Å². The molecule has 0 radical (unpaired) electrons. The highest BCUT2D eigenvalue weighted by molar-refractivity contribution is 7.89. The number of hydrogen-bond donors (Lipinski definition) is 2. The minimum Gasteiger partial charge on any atom is -0.497 e. The molecule has 7 nitrogen and oxygen atoms in total. The van der Waals surface area contributed by atoms with Crippen molar-refractivity contribution in [3.63, 3.8) is 0 Å². The number of aryl methyl sites for hydroxylation is 1. The van der Waals surface area contributed by atoms with E-state index >= 15 is 0 Å². The number of ether oxygens (including phenoxy) is 1. The Morgan fingerprint density at radius 1 is 1.13 bits per heavy atom. The zero-order chi connectivity index (χ0) is 21.8. The molecule has 0 atom stereocenters. The number of methoxy groups -OCH3 is 1. The van der Waals surface area contributed by atoms with Crippen molar-refractivity contribution >= 4 is 26.8 Å². The van der Waals surface area contributed by atoms with E-state index < -0.39 is 10.0 Å². The third-order valence-corrected chi connectivity index (χ3v) is 7.73. The van der Waals surface area contributed by atoms with Crippen LogP contribution in [0.1, 0.15) is 24.8 Å². The van der Waals surface area contributed by atoms with Gasteiger partial charge in [-0.25, -0.2) is 8.42 Å². The lowest BCUT2D eigenvalue weighted by atomic mass is 10.1. The summed E-state index contributed by atoms with van der Waals surface area (Å²) in [6.07, 6.45) is 4.25. The molecule has 164 valence electrons. The lowest BCUT2D eigenvalue weighted by molar-refractivity contribution is -0.122. The van der Waals surface area contributed by atoms with E-state index in [0.717, 1.165) is 16.5 Å². The summed E-state index contributed by atoms with van der Waals surface area (Å²) in [7, 11) is -1.99. The zero-order valence-corrected chi connectivity index (χ0v) is 18.3. The Labute approximate surface area is 182 Å². The molecule has 31 heavy (non-hydrogen) atoms. The summed E-state index contributed by atoms with van der Waals surface area (Å²) in [5.41, 5.74) is 2.20. The Hall–Kier alpha value is -2.84. The van der Waals surface area contributed by atoms with Crippen LogP contribution in [0.3, 0.4) is 0 Å². The van der Waals surface area contributed by atoms with Gasteiger partial charge in [-0.2, -0.15) is 4.31 Å². The van der Waals surface area contributed by atoms with Crippen molar-refractivity contribution < 1.29 is 17.9 Å². The van der Waals surface area contributed by atoms with Crippen molar-refractivity contribution in [2.45, 2.75) is 36.6 Å². The van der Waals surface area contributed by atoms with Crippen LogP contribution >= 0.6 is 0 Å². The largest absolute Gasteiger partial charge is 0.497 e. The molecule has 1 aliphatic heterocycles. The maximum absolute atomic E-state index is 12.9. The minimum absolute atomic E-state index is 0.00161. The SMILES string of the molecule is COc1ccc(S(=O)(=O)N2CCC(NC(=O)CCc3c[nH]c4ccccc34)CC2)cc1. The van der Waals surface area contributed by atoms with Crippen LogP contribution < -0.4 is 10.1 Å². The second-order valence-electron chi connectivity index (χ2n) is 7.78. The number of carbonyl (C=O) groups excluding carboxylic acids is 1. The number of sulfonamides is 1. The molecule has 8 heteroatoms. The number of nitrogens with zero attached hydrogens (tertiary/aromatic N) is 1. The first-order chi connectivity index (χ1) is 15.0. The van der Waals surface area contributed by atoms with Crippen molar-refractivity contribution in [2.24, 2.45) is 0 Å². The first kappa shape index (κ1) is 21.4. The third-order valence-electron chi connectivity index (χ3n) is 5.81. The van der Waals surface area contributed by atoms with Crippen LogP contribution in [0.15, 0.2) is 59.6 Å². The predicted octanol–water partition coefficient (Wildman–Crippen LogP) is 3.08. The van der Waals surface area contributed by atoms with Gasteiger partial charge in [0.05, 0.1) is 12.0 Å². The summed E-state index contributed by atoms with van der Waals surface area (Å²) in [6.45, 7) is 0.781. The minimum atomic E-state index is -3.54. The smallest absolute Gasteiger partial charge is 0.243 e. The standard InChI is InChI=1S/C23H27N3O4S/c1-30-19-7-9-20(10-8-19)31(28,29)26-14-12-18(13-15-26)25-23(27)11-6-17-16-24-22-5-3-2-4-21(17)22/h2-5,7-10,16,18,24H,6,11-15H2,1H3,(H,25,27). The Kier molecular flexibility index (Phi) is 6.29. The Morgan fingerprint density at radius 2 is 1.84 bits per heavy atom. The monoisotopic (exact) mass is 441 g/mol. The van der Waals surface area contributed by atoms with E-state index in [2.05, 4.69) is 16.4 Å². The molecule has 1 aromatic heterocycles. The van der Waals surface area contributed by atoms with Gasteiger partial charge in [-0.05, 0) is 55.2 Å². The van der Waals surface area contributed by atoms with Gasteiger partial charge in [0.1, 0.15) is 5.75 Å². The number of rotatable bonds is 7. The van der Waals surface area contributed by atoms with E-state index in [4.69, 9.17) is 4.74 Å². The lowest BCUT2D eigenvalue weighted by Crippen LogP contribution is -2.46. The van der Waals surface area contributed by atoms with Crippen molar-refractivity contribution in [1.29, 1.82) is 0 Å². The van der Waals surface area contributed by atoms with Crippen molar-refractivity contribution in [1.82, 2.24) is 14.6 Å². The van der Waals surface area contributed by atoms with Gasteiger partial charge in [0, 0.05) is 42.7 Å². The van der Waals surface area contributed by atoms with Crippen LogP contribution in [0.5, 0.6) is 5.75 Å². The highest BCUT2D eigenvalue weighted by atomic mass is 32.2.